The zero-order valence-electron chi connectivity index (χ0n) is 13.8. The van der Waals surface area contributed by atoms with Crippen molar-refractivity contribution in [2.45, 2.75) is 31.8 Å². The molecular formula is C20H22O4. The maximum atomic E-state index is 12.4. The fourth-order valence-corrected chi connectivity index (χ4v) is 2.96. The van der Waals surface area contributed by atoms with E-state index >= 15 is 0 Å². The number of rotatable bonds is 6. The second-order valence-corrected chi connectivity index (χ2v) is 6.03. The van der Waals surface area contributed by atoms with E-state index in [1.165, 1.54) is 0 Å². The van der Waals surface area contributed by atoms with Crippen LogP contribution in [-0.4, -0.2) is 24.6 Å². The van der Waals surface area contributed by atoms with Crippen LogP contribution in [-0.2, 0) is 6.42 Å². The van der Waals surface area contributed by atoms with Crippen molar-refractivity contribution in [1.29, 1.82) is 0 Å². The Hall–Kier alpha value is -2.33. The number of hydrogen-bond donors (Lipinski definition) is 1. The summed E-state index contributed by atoms with van der Waals surface area (Å²) in [6, 6.07) is 12.9. The van der Waals surface area contributed by atoms with Gasteiger partial charge in [0.25, 0.3) is 0 Å². The summed E-state index contributed by atoms with van der Waals surface area (Å²) in [7, 11) is 1.59. The number of ether oxygens (including phenoxy) is 2. The van der Waals surface area contributed by atoms with Crippen LogP contribution in [0.15, 0.2) is 42.5 Å². The molecule has 1 heterocycles. The summed E-state index contributed by atoms with van der Waals surface area (Å²) < 4.78 is 10.7. The Balaban J connectivity index is 1.62. The highest BCUT2D eigenvalue weighted by atomic mass is 16.5. The maximum Gasteiger partial charge on any atom is 0.162 e. The van der Waals surface area contributed by atoms with E-state index in [-0.39, 0.29) is 5.78 Å². The van der Waals surface area contributed by atoms with Gasteiger partial charge in [0.2, 0.25) is 0 Å². The van der Waals surface area contributed by atoms with Crippen LogP contribution in [0, 0.1) is 0 Å². The third kappa shape index (κ3) is 3.77. The molecule has 0 fully saturated rings. The molecule has 3 rings (SSSR count). The van der Waals surface area contributed by atoms with Crippen LogP contribution in [0.2, 0.25) is 0 Å². The van der Waals surface area contributed by atoms with Gasteiger partial charge in [-0.3, -0.25) is 4.79 Å². The number of carbonyl (C=O) groups is 1. The Kier molecular flexibility index (Phi) is 5.16. The molecule has 2 aromatic rings. The van der Waals surface area contributed by atoms with Gasteiger partial charge in [-0.05, 0) is 60.7 Å². The lowest BCUT2D eigenvalue weighted by molar-refractivity contribution is 0.0940. The normalized spacial score (nSPS) is 14.4. The van der Waals surface area contributed by atoms with Crippen molar-refractivity contribution in [3.05, 3.63) is 59.2 Å². The van der Waals surface area contributed by atoms with Crippen molar-refractivity contribution in [1.82, 2.24) is 0 Å². The molecule has 1 aliphatic heterocycles. The van der Waals surface area contributed by atoms with Gasteiger partial charge in [-0.1, -0.05) is 12.1 Å². The standard InChI is InChI=1S/C20H22O4/c1-23-17-6-2-4-14(13-17)18(21)8-9-19(22)15-7-10-20-16(12-15)5-3-11-24-20/h2,4,6-7,10,12-13,18,21H,3,5,8-9,11H2,1H3. The van der Waals surface area contributed by atoms with E-state index in [0.717, 1.165) is 36.3 Å². The molecule has 1 N–H and O–H groups in total. The maximum absolute atomic E-state index is 12.4. The molecule has 24 heavy (non-hydrogen) atoms. The fraction of sp³-hybridized carbons (Fsp3) is 0.350. The molecule has 126 valence electrons. The number of hydrogen-bond acceptors (Lipinski definition) is 4. The number of methoxy groups -OCH3 is 1. The lowest BCUT2D eigenvalue weighted by Crippen LogP contribution is -2.10. The van der Waals surface area contributed by atoms with Gasteiger partial charge in [-0.25, -0.2) is 0 Å². The first-order valence-corrected chi connectivity index (χ1v) is 8.28. The molecule has 0 radical (unpaired) electrons. The van der Waals surface area contributed by atoms with Crippen LogP contribution >= 0.6 is 0 Å². The van der Waals surface area contributed by atoms with Crippen molar-refractivity contribution >= 4 is 5.78 Å². The SMILES string of the molecule is COc1cccc(C(O)CCC(=O)c2ccc3c(c2)CCCO3)c1. The van der Waals surface area contributed by atoms with E-state index in [2.05, 4.69) is 0 Å². The third-order valence-electron chi connectivity index (χ3n) is 4.35. The van der Waals surface area contributed by atoms with Crippen LogP contribution < -0.4 is 9.47 Å². The predicted octanol–water partition coefficient (Wildman–Crippen LogP) is 3.72. The molecule has 0 spiro atoms. The Morgan fingerprint density at radius 3 is 3.00 bits per heavy atom. The summed E-state index contributed by atoms with van der Waals surface area (Å²) in [5, 5.41) is 10.3. The second kappa shape index (κ2) is 7.49. The van der Waals surface area contributed by atoms with E-state index in [4.69, 9.17) is 9.47 Å². The minimum Gasteiger partial charge on any atom is -0.497 e. The molecule has 2 aromatic carbocycles. The summed E-state index contributed by atoms with van der Waals surface area (Å²) in [6.45, 7) is 0.743. The van der Waals surface area contributed by atoms with Crippen LogP contribution in [0.4, 0.5) is 0 Å². The van der Waals surface area contributed by atoms with Gasteiger partial charge in [-0.2, -0.15) is 0 Å². The summed E-state index contributed by atoms with van der Waals surface area (Å²) >= 11 is 0. The minimum absolute atomic E-state index is 0.0466. The predicted molar refractivity (Wildman–Crippen MR) is 91.8 cm³/mol. The first-order chi connectivity index (χ1) is 11.7. The van der Waals surface area contributed by atoms with Gasteiger partial charge in [0.1, 0.15) is 11.5 Å². The van der Waals surface area contributed by atoms with Crippen LogP contribution in [0.5, 0.6) is 11.5 Å². The zero-order chi connectivity index (χ0) is 16.9. The van der Waals surface area contributed by atoms with Crippen LogP contribution in [0.3, 0.4) is 0 Å². The molecular weight excluding hydrogens is 304 g/mol. The average molecular weight is 326 g/mol. The molecule has 4 nitrogen and oxygen atoms in total. The monoisotopic (exact) mass is 326 g/mol. The minimum atomic E-state index is -0.676. The largest absolute Gasteiger partial charge is 0.497 e. The summed E-state index contributed by atoms with van der Waals surface area (Å²) in [5.41, 5.74) is 2.55. The molecule has 1 aliphatic rings. The molecule has 0 bridgehead atoms. The molecule has 0 saturated heterocycles. The Morgan fingerprint density at radius 2 is 2.17 bits per heavy atom. The Bertz CT molecular complexity index is 723. The van der Waals surface area contributed by atoms with Crippen molar-refractivity contribution in [3.63, 3.8) is 0 Å². The lowest BCUT2D eigenvalue weighted by Gasteiger charge is -2.17. The van der Waals surface area contributed by atoms with E-state index in [1.807, 2.05) is 36.4 Å². The van der Waals surface area contributed by atoms with Crippen molar-refractivity contribution < 1.29 is 19.4 Å². The topological polar surface area (TPSA) is 55.8 Å². The zero-order valence-corrected chi connectivity index (χ0v) is 13.8. The number of Topliss-reactive ketones (excluding diaryl/α,β-unsaturated/α-hetero) is 1. The van der Waals surface area contributed by atoms with Gasteiger partial charge in [0.05, 0.1) is 19.8 Å². The molecule has 0 saturated carbocycles. The first kappa shape index (κ1) is 16.5. The number of aliphatic hydroxyl groups is 1. The number of aryl methyl sites for hydroxylation is 1. The van der Waals surface area contributed by atoms with Gasteiger partial charge < -0.3 is 14.6 Å². The van der Waals surface area contributed by atoms with Gasteiger partial charge in [0.15, 0.2) is 5.78 Å². The van der Waals surface area contributed by atoms with Gasteiger partial charge in [-0.15, -0.1) is 0 Å². The van der Waals surface area contributed by atoms with E-state index in [0.29, 0.717) is 24.2 Å². The highest BCUT2D eigenvalue weighted by Gasteiger charge is 2.16. The Labute approximate surface area is 142 Å². The van der Waals surface area contributed by atoms with Crippen molar-refractivity contribution in [2.75, 3.05) is 13.7 Å². The van der Waals surface area contributed by atoms with Gasteiger partial charge in [0, 0.05) is 12.0 Å². The van der Waals surface area contributed by atoms with Crippen molar-refractivity contribution in [3.8, 4) is 11.5 Å². The smallest absolute Gasteiger partial charge is 0.162 e. The fourth-order valence-electron chi connectivity index (χ4n) is 2.96. The van der Waals surface area contributed by atoms with E-state index in [9.17, 15) is 9.90 Å². The lowest BCUT2D eigenvalue weighted by atomic mass is 9.97. The number of aliphatic hydroxyl groups excluding tert-OH is 1. The third-order valence-corrected chi connectivity index (χ3v) is 4.35. The molecule has 1 unspecified atom stereocenters. The van der Waals surface area contributed by atoms with E-state index in [1.54, 1.807) is 13.2 Å². The Morgan fingerprint density at radius 1 is 1.29 bits per heavy atom. The second-order valence-electron chi connectivity index (χ2n) is 6.03. The highest BCUT2D eigenvalue weighted by molar-refractivity contribution is 5.96. The highest BCUT2D eigenvalue weighted by Crippen LogP contribution is 2.27. The number of carbonyl (C=O) groups excluding carboxylic acids is 1. The quantitative estimate of drug-likeness (QED) is 0.822. The molecule has 4 heteroatoms. The summed E-state index contributed by atoms with van der Waals surface area (Å²) in [5.74, 6) is 1.63. The molecule has 1 atom stereocenters. The first-order valence-electron chi connectivity index (χ1n) is 8.28. The number of benzene rings is 2. The van der Waals surface area contributed by atoms with Gasteiger partial charge >= 0.3 is 0 Å². The number of fused-ring (bicyclic) bond motifs is 1. The average Bonchev–Trinajstić information content (AvgIpc) is 2.65. The summed E-state index contributed by atoms with van der Waals surface area (Å²) in [6.07, 6.45) is 1.95. The number of ketones is 1. The van der Waals surface area contributed by atoms with E-state index < -0.39 is 6.10 Å². The molecule has 0 aliphatic carbocycles. The van der Waals surface area contributed by atoms with Crippen LogP contribution in [0.1, 0.15) is 46.9 Å². The summed E-state index contributed by atoms with van der Waals surface area (Å²) in [4.78, 5) is 12.4. The molecule has 0 amide bonds. The van der Waals surface area contributed by atoms with Crippen molar-refractivity contribution in [2.24, 2.45) is 0 Å². The molecule has 0 aromatic heterocycles. The van der Waals surface area contributed by atoms with Crippen LogP contribution in [0.25, 0.3) is 0 Å².